The highest BCUT2D eigenvalue weighted by molar-refractivity contribution is 7.92. The Morgan fingerprint density at radius 2 is 1.47 bits per heavy atom. The highest BCUT2D eigenvalue weighted by atomic mass is 32.2. The highest BCUT2D eigenvalue weighted by Crippen LogP contribution is 2.25. The molecule has 0 heterocycles. The summed E-state index contributed by atoms with van der Waals surface area (Å²) in [6.07, 6.45) is -0.132. The minimum atomic E-state index is -3.88. The topological polar surface area (TPSA) is 66.5 Å². The zero-order valence-electron chi connectivity index (χ0n) is 16.8. The molecule has 1 N–H and O–H groups in total. The summed E-state index contributed by atoms with van der Waals surface area (Å²) in [5.41, 5.74) is 2.45. The van der Waals surface area contributed by atoms with Gasteiger partial charge in [-0.25, -0.2) is 12.8 Å². The molecular weight excluding hydrogens is 403 g/mol. The molecule has 5 nitrogen and oxygen atoms in total. The average molecular weight is 427 g/mol. The Balaban J connectivity index is 1.85. The number of nitrogens with zero attached hydrogens (tertiary/aromatic N) is 1. The minimum Gasteiger partial charge on any atom is -0.324 e. The van der Waals surface area contributed by atoms with Crippen LogP contribution in [0.25, 0.3) is 0 Å². The molecule has 0 aromatic heterocycles. The second-order valence-corrected chi connectivity index (χ2v) is 8.87. The first-order valence-electron chi connectivity index (χ1n) is 9.48. The molecule has 0 bridgehead atoms. The van der Waals surface area contributed by atoms with Crippen LogP contribution in [-0.2, 0) is 14.8 Å². The predicted molar refractivity (Wildman–Crippen MR) is 117 cm³/mol. The van der Waals surface area contributed by atoms with Crippen LogP contribution in [0.2, 0.25) is 0 Å². The van der Waals surface area contributed by atoms with E-state index in [4.69, 9.17) is 0 Å². The number of hydrogen-bond donors (Lipinski definition) is 1. The fourth-order valence-corrected chi connectivity index (χ4v) is 4.38. The SMILES string of the molecule is Cc1ccc(N(CCC(=O)Nc2ccccc2F)S(=O)(=O)c2ccc(C)cc2)cc1. The van der Waals surface area contributed by atoms with Crippen molar-refractivity contribution in [2.45, 2.75) is 25.2 Å². The Labute approximate surface area is 176 Å². The second-order valence-electron chi connectivity index (χ2n) is 7.00. The maximum Gasteiger partial charge on any atom is 0.264 e. The van der Waals surface area contributed by atoms with E-state index in [1.54, 1.807) is 42.5 Å². The second kappa shape index (κ2) is 9.09. The van der Waals surface area contributed by atoms with Gasteiger partial charge in [0.25, 0.3) is 10.0 Å². The number of hydrogen-bond acceptors (Lipinski definition) is 3. The molecule has 156 valence electrons. The van der Waals surface area contributed by atoms with Gasteiger partial charge in [0, 0.05) is 13.0 Å². The summed E-state index contributed by atoms with van der Waals surface area (Å²) in [5.74, 6) is -1.02. The first kappa shape index (κ1) is 21.5. The Hall–Kier alpha value is -3.19. The van der Waals surface area contributed by atoms with Gasteiger partial charge in [-0.2, -0.15) is 0 Å². The molecule has 0 radical (unpaired) electrons. The van der Waals surface area contributed by atoms with E-state index < -0.39 is 21.7 Å². The number of carbonyl (C=O) groups excluding carboxylic acids is 1. The molecule has 3 rings (SSSR count). The van der Waals surface area contributed by atoms with Crippen molar-refractivity contribution in [1.29, 1.82) is 0 Å². The summed E-state index contributed by atoms with van der Waals surface area (Å²) in [7, 11) is -3.88. The van der Waals surface area contributed by atoms with E-state index in [0.717, 1.165) is 11.1 Å². The lowest BCUT2D eigenvalue weighted by Gasteiger charge is -2.24. The first-order valence-corrected chi connectivity index (χ1v) is 10.9. The first-order chi connectivity index (χ1) is 14.3. The summed E-state index contributed by atoms with van der Waals surface area (Å²) in [5, 5.41) is 2.49. The molecule has 0 saturated heterocycles. The molecule has 30 heavy (non-hydrogen) atoms. The Bertz CT molecular complexity index is 1130. The van der Waals surface area contributed by atoms with Crippen LogP contribution < -0.4 is 9.62 Å². The quantitative estimate of drug-likeness (QED) is 0.597. The number of sulfonamides is 1. The van der Waals surface area contributed by atoms with Crippen molar-refractivity contribution in [2.75, 3.05) is 16.2 Å². The third kappa shape index (κ3) is 5.04. The van der Waals surface area contributed by atoms with Crippen LogP contribution in [0, 0.1) is 19.7 Å². The van der Waals surface area contributed by atoms with Crippen LogP contribution in [0.15, 0.2) is 77.7 Å². The Kier molecular flexibility index (Phi) is 6.52. The monoisotopic (exact) mass is 426 g/mol. The van der Waals surface area contributed by atoms with Crippen molar-refractivity contribution < 1.29 is 17.6 Å². The van der Waals surface area contributed by atoms with E-state index in [2.05, 4.69) is 5.32 Å². The number of nitrogens with one attached hydrogen (secondary N) is 1. The molecule has 7 heteroatoms. The predicted octanol–water partition coefficient (Wildman–Crippen LogP) is 4.67. The molecule has 3 aromatic carbocycles. The number of para-hydroxylation sites is 1. The van der Waals surface area contributed by atoms with Gasteiger partial charge in [0.1, 0.15) is 5.82 Å². The molecule has 0 aliphatic rings. The van der Waals surface area contributed by atoms with Crippen LogP contribution in [0.1, 0.15) is 17.5 Å². The van der Waals surface area contributed by atoms with E-state index >= 15 is 0 Å². The van der Waals surface area contributed by atoms with Gasteiger partial charge < -0.3 is 5.32 Å². The Morgan fingerprint density at radius 3 is 2.07 bits per heavy atom. The average Bonchev–Trinajstić information content (AvgIpc) is 2.71. The smallest absolute Gasteiger partial charge is 0.264 e. The Morgan fingerprint density at radius 1 is 0.900 bits per heavy atom. The van der Waals surface area contributed by atoms with Gasteiger partial charge >= 0.3 is 0 Å². The number of amides is 1. The molecule has 0 fully saturated rings. The number of benzene rings is 3. The third-order valence-corrected chi connectivity index (χ3v) is 6.46. The summed E-state index contributed by atoms with van der Waals surface area (Å²) < 4.78 is 41.6. The maximum absolute atomic E-state index is 13.8. The standard InChI is InChI=1S/C23H23FN2O3S/c1-17-7-11-19(12-8-17)26(30(28,29)20-13-9-18(2)10-14-20)16-15-23(27)25-22-6-4-3-5-21(22)24/h3-14H,15-16H2,1-2H3,(H,25,27). The van der Waals surface area contributed by atoms with E-state index in [-0.39, 0.29) is 23.5 Å². The van der Waals surface area contributed by atoms with Gasteiger partial charge in [0.2, 0.25) is 5.91 Å². The van der Waals surface area contributed by atoms with Crippen molar-refractivity contribution in [2.24, 2.45) is 0 Å². The van der Waals surface area contributed by atoms with Crippen LogP contribution >= 0.6 is 0 Å². The number of aryl methyl sites for hydroxylation is 2. The lowest BCUT2D eigenvalue weighted by molar-refractivity contribution is -0.116. The number of carbonyl (C=O) groups is 1. The van der Waals surface area contributed by atoms with E-state index in [9.17, 15) is 17.6 Å². The van der Waals surface area contributed by atoms with Gasteiger partial charge in [-0.05, 0) is 50.2 Å². The van der Waals surface area contributed by atoms with Crippen molar-refractivity contribution in [3.05, 3.63) is 89.7 Å². The lowest BCUT2D eigenvalue weighted by atomic mass is 10.2. The van der Waals surface area contributed by atoms with Gasteiger partial charge in [0.05, 0.1) is 16.3 Å². The summed E-state index contributed by atoms with van der Waals surface area (Å²) in [6.45, 7) is 3.70. The van der Waals surface area contributed by atoms with E-state index in [1.165, 1.54) is 22.5 Å². The molecule has 0 saturated carbocycles. The summed E-state index contributed by atoms with van der Waals surface area (Å²) in [4.78, 5) is 12.5. The number of anilines is 2. The largest absolute Gasteiger partial charge is 0.324 e. The molecule has 0 aliphatic carbocycles. The van der Waals surface area contributed by atoms with Crippen LogP contribution in [0.5, 0.6) is 0 Å². The van der Waals surface area contributed by atoms with Crippen molar-refractivity contribution in [1.82, 2.24) is 0 Å². The molecule has 0 atom stereocenters. The van der Waals surface area contributed by atoms with Gasteiger partial charge in [0.15, 0.2) is 0 Å². The van der Waals surface area contributed by atoms with Crippen molar-refractivity contribution >= 4 is 27.3 Å². The maximum atomic E-state index is 13.8. The zero-order chi connectivity index (χ0) is 21.7. The molecule has 0 unspecified atom stereocenters. The number of halogens is 1. The van der Waals surface area contributed by atoms with Crippen LogP contribution in [0.3, 0.4) is 0 Å². The molecular formula is C23H23FN2O3S. The summed E-state index contributed by atoms with van der Waals surface area (Å²) in [6, 6.07) is 19.4. The van der Waals surface area contributed by atoms with E-state index in [0.29, 0.717) is 5.69 Å². The van der Waals surface area contributed by atoms with Gasteiger partial charge in [-0.15, -0.1) is 0 Å². The molecule has 1 amide bonds. The van der Waals surface area contributed by atoms with Gasteiger partial charge in [-0.3, -0.25) is 9.10 Å². The summed E-state index contributed by atoms with van der Waals surface area (Å²) >= 11 is 0. The third-order valence-electron chi connectivity index (χ3n) is 4.62. The number of rotatable bonds is 7. The fraction of sp³-hybridized carbons (Fsp3) is 0.174. The van der Waals surface area contributed by atoms with Gasteiger partial charge in [-0.1, -0.05) is 47.5 Å². The van der Waals surface area contributed by atoms with Crippen LogP contribution in [0.4, 0.5) is 15.8 Å². The highest BCUT2D eigenvalue weighted by Gasteiger charge is 2.25. The lowest BCUT2D eigenvalue weighted by Crippen LogP contribution is -2.34. The van der Waals surface area contributed by atoms with Crippen molar-refractivity contribution in [3.63, 3.8) is 0 Å². The molecule has 0 spiro atoms. The molecule has 3 aromatic rings. The normalized spacial score (nSPS) is 11.2. The zero-order valence-corrected chi connectivity index (χ0v) is 17.6. The van der Waals surface area contributed by atoms with Crippen LogP contribution in [-0.4, -0.2) is 20.9 Å². The minimum absolute atomic E-state index is 0.0609. The van der Waals surface area contributed by atoms with Crippen molar-refractivity contribution in [3.8, 4) is 0 Å². The van der Waals surface area contributed by atoms with E-state index in [1.807, 2.05) is 26.0 Å². The molecule has 0 aliphatic heterocycles. The fourth-order valence-electron chi connectivity index (χ4n) is 2.91.